The van der Waals surface area contributed by atoms with E-state index in [1.165, 1.54) is 16.9 Å². The maximum absolute atomic E-state index is 13.5. The monoisotopic (exact) mass is 523 g/mol. The molecule has 3 aromatic heterocycles. The summed E-state index contributed by atoms with van der Waals surface area (Å²) in [6, 6.07) is 20.3. The predicted molar refractivity (Wildman–Crippen MR) is 138 cm³/mol. The standard InChI is InChI=1S/C27H14ClN5O5/c28-17-10-4-1-7-14(17)24-30-25-22-20(15-8-2-5-11-18(15)33(35)36)21-23(38-26(22)29-13-32(25)31-24)16-9-3-6-12-19(16)37-27(21)34/h1-13,20H. The lowest BCUT2D eigenvalue weighted by Gasteiger charge is -2.27. The van der Waals surface area contributed by atoms with Gasteiger partial charge in [-0.2, -0.15) is 0 Å². The number of ether oxygens (including phenoxy) is 1. The highest BCUT2D eigenvalue weighted by atomic mass is 35.5. The number of nitro groups is 1. The van der Waals surface area contributed by atoms with Crippen LogP contribution in [0.4, 0.5) is 5.69 Å². The molecule has 6 aromatic rings. The van der Waals surface area contributed by atoms with Crippen molar-refractivity contribution in [2.75, 3.05) is 0 Å². The molecule has 0 N–H and O–H groups in total. The number of fused-ring (bicyclic) bond motifs is 6. The van der Waals surface area contributed by atoms with Gasteiger partial charge in [0.25, 0.3) is 5.69 Å². The summed E-state index contributed by atoms with van der Waals surface area (Å²) in [6.45, 7) is 0. The molecule has 11 heteroatoms. The minimum absolute atomic E-state index is 0.114. The largest absolute Gasteiger partial charge is 0.437 e. The molecule has 1 atom stereocenters. The van der Waals surface area contributed by atoms with Crippen molar-refractivity contribution in [3.63, 3.8) is 0 Å². The zero-order chi connectivity index (χ0) is 26.0. The highest BCUT2D eigenvalue weighted by molar-refractivity contribution is 6.33. The zero-order valence-electron chi connectivity index (χ0n) is 19.2. The average molecular weight is 524 g/mol. The van der Waals surface area contributed by atoms with Gasteiger partial charge in [-0.05, 0) is 24.3 Å². The number of nitrogens with zero attached hydrogens (tertiary/aromatic N) is 5. The van der Waals surface area contributed by atoms with Gasteiger partial charge in [-0.3, -0.25) is 10.1 Å². The molecule has 0 bridgehead atoms. The number of hydrogen-bond acceptors (Lipinski definition) is 8. The minimum atomic E-state index is -0.976. The first kappa shape index (κ1) is 22.1. The van der Waals surface area contributed by atoms with E-state index in [0.29, 0.717) is 38.6 Å². The van der Waals surface area contributed by atoms with Crippen molar-refractivity contribution in [2.24, 2.45) is 0 Å². The molecule has 0 fully saturated rings. The highest BCUT2D eigenvalue weighted by Crippen LogP contribution is 2.50. The molecule has 0 saturated carbocycles. The van der Waals surface area contributed by atoms with Crippen molar-refractivity contribution < 1.29 is 14.1 Å². The van der Waals surface area contributed by atoms with Crippen LogP contribution in [0.2, 0.25) is 5.02 Å². The molecule has 184 valence electrons. The summed E-state index contributed by atoms with van der Waals surface area (Å²) in [7, 11) is 0. The van der Waals surface area contributed by atoms with E-state index in [2.05, 4.69) is 10.1 Å². The summed E-state index contributed by atoms with van der Waals surface area (Å²) in [6.07, 6.45) is 1.44. The van der Waals surface area contributed by atoms with Crippen molar-refractivity contribution in [2.45, 2.75) is 5.92 Å². The lowest BCUT2D eigenvalue weighted by molar-refractivity contribution is -0.385. The molecule has 0 saturated heterocycles. The topological polar surface area (TPSA) is 126 Å². The second-order valence-electron chi connectivity index (χ2n) is 8.63. The van der Waals surface area contributed by atoms with Crippen molar-refractivity contribution in [1.82, 2.24) is 19.6 Å². The van der Waals surface area contributed by atoms with E-state index >= 15 is 0 Å². The first-order valence-electron chi connectivity index (χ1n) is 11.5. The number of halogens is 1. The van der Waals surface area contributed by atoms with Crippen LogP contribution < -0.4 is 10.4 Å². The third kappa shape index (κ3) is 3.20. The van der Waals surface area contributed by atoms with Crippen LogP contribution in [-0.2, 0) is 0 Å². The van der Waals surface area contributed by atoms with Crippen molar-refractivity contribution >= 4 is 33.9 Å². The van der Waals surface area contributed by atoms with E-state index < -0.39 is 16.5 Å². The second-order valence-corrected chi connectivity index (χ2v) is 9.03. The average Bonchev–Trinajstić information content (AvgIpc) is 3.36. The molecule has 0 amide bonds. The Bertz CT molecular complexity index is 2000. The Morgan fingerprint density at radius 2 is 1.74 bits per heavy atom. The summed E-state index contributed by atoms with van der Waals surface area (Å²) in [5.74, 6) is -0.267. The number of aromatic nitrogens is 4. The maximum atomic E-state index is 13.5. The number of nitro benzene ring substituents is 1. The van der Waals surface area contributed by atoms with Crippen LogP contribution in [0.3, 0.4) is 0 Å². The van der Waals surface area contributed by atoms with Crippen LogP contribution in [-0.4, -0.2) is 24.5 Å². The number of hydrogen-bond donors (Lipinski definition) is 0. The normalized spacial score (nSPS) is 14.2. The van der Waals surface area contributed by atoms with Crippen LogP contribution in [0, 0.1) is 10.1 Å². The van der Waals surface area contributed by atoms with E-state index in [9.17, 15) is 14.9 Å². The van der Waals surface area contributed by atoms with Gasteiger partial charge in [-0.15, -0.1) is 5.10 Å². The van der Waals surface area contributed by atoms with Gasteiger partial charge in [0.2, 0.25) is 5.88 Å². The van der Waals surface area contributed by atoms with Crippen molar-refractivity contribution in [3.8, 4) is 23.0 Å². The first-order valence-corrected chi connectivity index (χ1v) is 11.9. The lowest BCUT2D eigenvalue weighted by atomic mass is 9.83. The van der Waals surface area contributed by atoms with E-state index in [4.69, 9.17) is 25.7 Å². The Labute approximate surface area is 217 Å². The van der Waals surface area contributed by atoms with Crippen LogP contribution in [0.1, 0.15) is 22.6 Å². The molecular weight excluding hydrogens is 510 g/mol. The molecule has 7 rings (SSSR count). The fraction of sp³-hybridized carbons (Fsp3) is 0.0370. The van der Waals surface area contributed by atoms with Gasteiger partial charge in [0, 0.05) is 17.2 Å². The van der Waals surface area contributed by atoms with E-state index in [0.717, 1.165) is 0 Å². The molecule has 10 nitrogen and oxygen atoms in total. The molecule has 0 radical (unpaired) electrons. The smallest absolute Gasteiger partial charge is 0.344 e. The molecule has 1 aliphatic heterocycles. The number of rotatable bonds is 3. The van der Waals surface area contributed by atoms with Gasteiger partial charge >= 0.3 is 5.63 Å². The van der Waals surface area contributed by atoms with Gasteiger partial charge in [0.05, 0.1) is 32.4 Å². The summed E-state index contributed by atoms with van der Waals surface area (Å²) < 4.78 is 13.3. The third-order valence-electron chi connectivity index (χ3n) is 6.52. The van der Waals surface area contributed by atoms with E-state index in [-0.39, 0.29) is 28.4 Å². The van der Waals surface area contributed by atoms with E-state index in [1.54, 1.807) is 60.7 Å². The zero-order valence-corrected chi connectivity index (χ0v) is 20.0. The summed E-state index contributed by atoms with van der Waals surface area (Å²) >= 11 is 6.39. The highest BCUT2D eigenvalue weighted by Gasteiger charge is 2.40. The summed E-state index contributed by atoms with van der Waals surface area (Å²) in [5.41, 5.74) is 1.11. The van der Waals surface area contributed by atoms with Gasteiger partial charge in [0.1, 0.15) is 11.9 Å². The SMILES string of the molecule is O=c1oc2ccccc2c2c1C(c1ccccc1[N+](=O)[O-])c1c(ncn3nc(-c4ccccc4Cl)nc13)O2. The molecule has 1 unspecified atom stereocenters. The van der Waals surface area contributed by atoms with Crippen molar-refractivity contribution in [3.05, 3.63) is 121 Å². The molecular formula is C27H14ClN5O5. The molecule has 38 heavy (non-hydrogen) atoms. The van der Waals surface area contributed by atoms with Crippen LogP contribution in [0.25, 0.3) is 28.0 Å². The number of para-hydroxylation sites is 2. The summed E-state index contributed by atoms with van der Waals surface area (Å²) in [4.78, 5) is 34.2. The van der Waals surface area contributed by atoms with Gasteiger partial charge in [0.15, 0.2) is 17.2 Å². The third-order valence-corrected chi connectivity index (χ3v) is 6.85. The molecule has 1 aliphatic rings. The van der Waals surface area contributed by atoms with Crippen LogP contribution in [0.15, 0.2) is 88.3 Å². The fourth-order valence-electron chi connectivity index (χ4n) is 4.89. The molecule has 0 spiro atoms. The second kappa shape index (κ2) is 8.22. The molecule has 0 aliphatic carbocycles. The summed E-state index contributed by atoms with van der Waals surface area (Å²) in [5, 5.41) is 17.6. The van der Waals surface area contributed by atoms with E-state index in [1.807, 2.05) is 6.07 Å². The molecule has 4 heterocycles. The Hall–Kier alpha value is -5.09. The Morgan fingerprint density at radius 1 is 0.974 bits per heavy atom. The first-order chi connectivity index (χ1) is 18.5. The quantitative estimate of drug-likeness (QED) is 0.163. The Kier molecular flexibility index (Phi) is 4.79. The fourth-order valence-corrected chi connectivity index (χ4v) is 5.12. The lowest BCUT2D eigenvalue weighted by Crippen LogP contribution is -2.23. The molecule has 3 aromatic carbocycles. The predicted octanol–water partition coefficient (Wildman–Crippen LogP) is 5.75. The van der Waals surface area contributed by atoms with Crippen molar-refractivity contribution in [1.29, 1.82) is 0 Å². The number of benzene rings is 3. The van der Waals surface area contributed by atoms with Gasteiger partial charge in [-0.1, -0.05) is 54.1 Å². The maximum Gasteiger partial charge on any atom is 0.344 e. The van der Waals surface area contributed by atoms with Gasteiger partial charge in [-0.25, -0.2) is 19.3 Å². The van der Waals surface area contributed by atoms with Crippen LogP contribution in [0.5, 0.6) is 11.6 Å². The Balaban J connectivity index is 1.59. The van der Waals surface area contributed by atoms with Crippen LogP contribution >= 0.6 is 11.6 Å². The Morgan fingerprint density at radius 3 is 2.58 bits per heavy atom. The minimum Gasteiger partial charge on any atom is -0.437 e. The van der Waals surface area contributed by atoms with Gasteiger partial charge < -0.3 is 9.15 Å².